The van der Waals surface area contributed by atoms with Crippen molar-refractivity contribution in [2.24, 2.45) is 0 Å². The number of likely N-dealkylation sites (N-methyl/N-ethyl adjacent to an activating group) is 1. The highest BCUT2D eigenvalue weighted by molar-refractivity contribution is 5.24. The van der Waals surface area contributed by atoms with E-state index in [0.717, 1.165) is 13.2 Å². The van der Waals surface area contributed by atoms with Crippen LogP contribution in [0.3, 0.4) is 0 Å². The Balaban J connectivity index is 1.82. The highest BCUT2D eigenvalue weighted by atomic mass is 16.5. The van der Waals surface area contributed by atoms with Crippen LogP contribution < -0.4 is 5.32 Å². The van der Waals surface area contributed by atoms with Gasteiger partial charge in [0.25, 0.3) is 0 Å². The Morgan fingerprint density at radius 2 is 2.11 bits per heavy atom. The quantitative estimate of drug-likeness (QED) is 0.809. The van der Waals surface area contributed by atoms with Crippen LogP contribution in [0.1, 0.15) is 49.1 Å². The highest BCUT2D eigenvalue weighted by Crippen LogP contribution is 2.24. The van der Waals surface area contributed by atoms with Crippen LogP contribution >= 0.6 is 0 Å². The molecule has 2 unspecified atom stereocenters. The fraction of sp³-hybridized carbons (Fsp3) is 0.647. The number of aryl methyl sites for hydroxylation is 1. The molecule has 1 N–H and O–H groups in total. The minimum atomic E-state index is 0.535. The molecule has 1 saturated heterocycles. The molecule has 2 nitrogen and oxygen atoms in total. The molecule has 2 rings (SSSR count). The minimum absolute atomic E-state index is 0.535. The molecule has 1 aromatic rings. The van der Waals surface area contributed by atoms with Gasteiger partial charge in [-0.3, -0.25) is 0 Å². The van der Waals surface area contributed by atoms with E-state index in [-0.39, 0.29) is 0 Å². The average molecular weight is 261 g/mol. The van der Waals surface area contributed by atoms with Crippen LogP contribution in [0, 0.1) is 6.92 Å². The van der Waals surface area contributed by atoms with E-state index in [1.807, 2.05) is 7.05 Å². The molecule has 1 heterocycles. The lowest BCUT2D eigenvalue weighted by molar-refractivity contribution is 0.101. The maximum atomic E-state index is 5.70. The zero-order chi connectivity index (χ0) is 13.5. The van der Waals surface area contributed by atoms with Crippen molar-refractivity contribution in [3.8, 4) is 0 Å². The Bertz CT molecular complexity index is 354. The van der Waals surface area contributed by atoms with Gasteiger partial charge in [0.05, 0.1) is 6.10 Å². The van der Waals surface area contributed by atoms with Crippen LogP contribution in [0.4, 0.5) is 0 Å². The standard InChI is InChI=1S/C17H27NO/c1-14-8-10-15(11-9-14)16(13-18-2)5-3-6-17-7-4-12-19-17/h8-11,16-18H,3-7,12-13H2,1-2H3. The summed E-state index contributed by atoms with van der Waals surface area (Å²) in [5.74, 6) is 0.631. The Labute approximate surface area is 117 Å². The van der Waals surface area contributed by atoms with Crippen LogP contribution in [-0.2, 0) is 4.74 Å². The summed E-state index contributed by atoms with van der Waals surface area (Å²) in [6.07, 6.45) is 6.80. The van der Waals surface area contributed by atoms with Crippen molar-refractivity contribution in [2.45, 2.75) is 51.0 Å². The molecule has 1 aliphatic rings. The zero-order valence-electron chi connectivity index (χ0n) is 12.3. The molecule has 2 atom stereocenters. The molecule has 0 amide bonds. The summed E-state index contributed by atoms with van der Waals surface area (Å²) in [5.41, 5.74) is 2.80. The van der Waals surface area contributed by atoms with E-state index in [2.05, 4.69) is 36.5 Å². The third-order valence-electron chi connectivity index (χ3n) is 4.10. The fourth-order valence-electron chi connectivity index (χ4n) is 2.94. The Hall–Kier alpha value is -0.860. The normalized spacial score (nSPS) is 20.6. The molecular formula is C17H27NO. The van der Waals surface area contributed by atoms with Crippen molar-refractivity contribution < 1.29 is 4.74 Å². The molecule has 0 aromatic heterocycles. The molecule has 0 saturated carbocycles. The molecule has 106 valence electrons. The van der Waals surface area contributed by atoms with Crippen molar-refractivity contribution in [1.29, 1.82) is 0 Å². The summed E-state index contributed by atoms with van der Waals surface area (Å²) < 4.78 is 5.70. The van der Waals surface area contributed by atoms with Crippen LogP contribution in [0.25, 0.3) is 0 Å². The van der Waals surface area contributed by atoms with Gasteiger partial charge in [-0.15, -0.1) is 0 Å². The predicted molar refractivity (Wildman–Crippen MR) is 80.7 cm³/mol. The van der Waals surface area contributed by atoms with Crippen molar-refractivity contribution >= 4 is 0 Å². The van der Waals surface area contributed by atoms with Crippen LogP contribution in [-0.4, -0.2) is 26.3 Å². The summed E-state index contributed by atoms with van der Waals surface area (Å²) in [7, 11) is 2.04. The lowest BCUT2D eigenvalue weighted by atomic mass is 9.92. The van der Waals surface area contributed by atoms with Gasteiger partial charge in [0, 0.05) is 13.2 Å². The molecule has 0 aliphatic carbocycles. The van der Waals surface area contributed by atoms with Crippen molar-refractivity contribution in [3.05, 3.63) is 35.4 Å². The van der Waals surface area contributed by atoms with E-state index < -0.39 is 0 Å². The summed E-state index contributed by atoms with van der Waals surface area (Å²) in [5, 5.41) is 3.33. The summed E-state index contributed by atoms with van der Waals surface area (Å²) >= 11 is 0. The van der Waals surface area contributed by atoms with Crippen LogP contribution in [0.5, 0.6) is 0 Å². The smallest absolute Gasteiger partial charge is 0.0576 e. The number of rotatable bonds is 7. The van der Waals surface area contributed by atoms with Gasteiger partial charge in [-0.2, -0.15) is 0 Å². The first-order valence-electron chi connectivity index (χ1n) is 7.62. The molecule has 0 radical (unpaired) electrons. The summed E-state index contributed by atoms with van der Waals surface area (Å²) in [6, 6.07) is 9.00. The molecule has 1 aliphatic heterocycles. The number of nitrogens with one attached hydrogen (secondary N) is 1. The second-order valence-corrected chi connectivity index (χ2v) is 5.73. The van der Waals surface area contributed by atoms with Crippen molar-refractivity contribution in [3.63, 3.8) is 0 Å². The van der Waals surface area contributed by atoms with Gasteiger partial charge in [0.1, 0.15) is 0 Å². The predicted octanol–water partition coefficient (Wildman–Crippen LogP) is 3.65. The number of ether oxygens (including phenoxy) is 1. The molecule has 19 heavy (non-hydrogen) atoms. The van der Waals surface area contributed by atoms with Crippen LogP contribution in [0.15, 0.2) is 24.3 Å². The van der Waals surface area contributed by atoms with Gasteiger partial charge in [-0.25, -0.2) is 0 Å². The SMILES string of the molecule is CNCC(CCCC1CCCO1)c1ccc(C)cc1. The molecular weight excluding hydrogens is 234 g/mol. The average Bonchev–Trinajstić information content (AvgIpc) is 2.92. The Kier molecular flexibility index (Phi) is 5.87. The van der Waals surface area contributed by atoms with Gasteiger partial charge in [-0.05, 0) is 51.1 Å². The minimum Gasteiger partial charge on any atom is -0.378 e. The lowest BCUT2D eigenvalue weighted by Crippen LogP contribution is -2.18. The Morgan fingerprint density at radius 3 is 2.74 bits per heavy atom. The van der Waals surface area contributed by atoms with Gasteiger partial charge in [0.2, 0.25) is 0 Å². The summed E-state index contributed by atoms with van der Waals surface area (Å²) in [4.78, 5) is 0. The monoisotopic (exact) mass is 261 g/mol. The van der Waals surface area contributed by atoms with Gasteiger partial charge >= 0.3 is 0 Å². The van der Waals surface area contributed by atoms with E-state index in [1.165, 1.54) is 43.2 Å². The second-order valence-electron chi connectivity index (χ2n) is 5.73. The molecule has 2 heteroatoms. The van der Waals surface area contributed by atoms with Gasteiger partial charge in [0.15, 0.2) is 0 Å². The first-order valence-corrected chi connectivity index (χ1v) is 7.62. The summed E-state index contributed by atoms with van der Waals surface area (Å²) in [6.45, 7) is 4.19. The van der Waals surface area contributed by atoms with E-state index >= 15 is 0 Å². The molecule has 1 fully saturated rings. The largest absolute Gasteiger partial charge is 0.378 e. The zero-order valence-corrected chi connectivity index (χ0v) is 12.3. The lowest BCUT2D eigenvalue weighted by Gasteiger charge is -2.18. The van der Waals surface area contributed by atoms with Gasteiger partial charge in [-0.1, -0.05) is 36.2 Å². The second kappa shape index (κ2) is 7.66. The third-order valence-corrected chi connectivity index (χ3v) is 4.10. The third kappa shape index (κ3) is 4.63. The van der Waals surface area contributed by atoms with E-state index in [1.54, 1.807) is 0 Å². The van der Waals surface area contributed by atoms with E-state index in [9.17, 15) is 0 Å². The molecule has 0 spiro atoms. The van der Waals surface area contributed by atoms with Crippen LogP contribution in [0.2, 0.25) is 0 Å². The number of hydrogen-bond donors (Lipinski definition) is 1. The van der Waals surface area contributed by atoms with E-state index in [4.69, 9.17) is 4.74 Å². The maximum Gasteiger partial charge on any atom is 0.0576 e. The maximum absolute atomic E-state index is 5.70. The van der Waals surface area contributed by atoms with Crippen molar-refractivity contribution in [2.75, 3.05) is 20.2 Å². The van der Waals surface area contributed by atoms with E-state index in [0.29, 0.717) is 12.0 Å². The van der Waals surface area contributed by atoms with Gasteiger partial charge < -0.3 is 10.1 Å². The first kappa shape index (κ1) is 14.5. The number of hydrogen-bond acceptors (Lipinski definition) is 2. The number of benzene rings is 1. The first-order chi connectivity index (χ1) is 9.29. The molecule has 0 bridgehead atoms. The van der Waals surface area contributed by atoms with Crippen molar-refractivity contribution in [1.82, 2.24) is 5.32 Å². The highest BCUT2D eigenvalue weighted by Gasteiger charge is 2.16. The Morgan fingerprint density at radius 1 is 1.32 bits per heavy atom. The molecule has 1 aromatic carbocycles. The topological polar surface area (TPSA) is 21.3 Å². The fourth-order valence-corrected chi connectivity index (χ4v) is 2.94.